The maximum atomic E-state index is 13.1. The monoisotopic (exact) mass is 319 g/mol. The average Bonchev–Trinajstić information content (AvgIpc) is 2.98. The molecule has 1 atom stereocenters. The van der Waals surface area contributed by atoms with Crippen molar-refractivity contribution in [3.8, 4) is 0 Å². The molecule has 4 rings (SSSR count). The Morgan fingerprint density at radius 2 is 1.67 bits per heavy atom. The zero-order chi connectivity index (χ0) is 16.9. The summed E-state index contributed by atoms with van der Waals surface area (Å²) in [5.74, 6) is -1.62. The van der Waals surface area contributed by atoms with E-state index in [0.717, 1.165) is 10.5 Å². The Balaban J connectivity index is 1.94. The molecule has 0 saturated heterocycles. The number of hydrogen-bond donors (Lipinski definition) is 0. The molecule has 2 aliphatic rings. The fraction of sp³-hybridized carbons (Fsp3) is 0.105. The molecule has 5 nitrogen and oxygen atoms in total. The summed E-state index contributed by atoms with van der Waals surface area (Å²) >= 11 is 0. The number of hydrogen-bond acceptors (Lipinski definition) is 4. The van der Waals surface area contributed by atoms with Gasteiger partial charge in [-0.1, -0.05) is 35.9 Å². The first-order valence-corrected chi connectivity index (χ1v) is 7.50. The fourth-order valence-electron chi connectivity index (χ4n) is 3.09. The molecule has 0 aromatic heterocycles. The van der Waals surface area contributed by atoms with Gasteiger partial charge in [0.25, 0.3) is 11.8 Å². The molecule has 2 aliphatic heterocycles. The van der Waals surface area contributed by atoms with Crippen LogP contribution < -0.4 is 4.90 Å². The van der Waals surface area contributed by atoms with E-state index in [0.29, 0.717) is 16.8 Å². The van der Waals surface area contributed by atoms with Gasteiger partial charge in [0.05, 0.1) is 5.69 Å². The van der Waals surface area contributed by atoms with Gasteiger partial charge in [-0.2, -0.15) is 0 Å². The van der Waals surface area contributed by atoms with Crippen LogP contribution in [0, 0.1) is 6.92 Å². The molecule has 2 aromatic rings. The van der Waals surface area contributed by atoms with Crippen LogP contribution in [-0.2, 0) is 19.9 Å². The smallest absolute Gasteiger partial charge is 0.332 e. The molecule has 1 unspecified atom stereocenters. The zero-order valence-electron chi connectivity index (χ0n) is 12.9. The lowest BCUT2D eigenvalue weighted by molar-refractivity contribution is -0.155. The normalized spacial score (nSPS) is 22.0. The highest BCUT2D eigenvalue weighted by molar-refractivity contribution is 6.28. The minimum absolute atomic E-state index is 0.344. The molecule has 1 spiro atoms. The molecule has 24 heavy (non-hydrogen) atoms. The van der Waals surface area contributed by atoms with Crippen LogP contribution in [0.5, 0.6) is 0 Å². The molecule has 0 bridgehead atoms. The predicted molar refractivity (Wildman–Crippen MR) is 86.3 cm³/mol. The Labute approximate surface area is 138 Å². The number of fused-ring (bicyclic) bond motifs is 2. The fourth-order valence-corrected chi connectivity index (χ4v) is 3.09. The summed E-state index contributed by atoms with van der Waals surface area (Å²) in [6, 6.07) is 13.7. The lowest BCUT2D eigenvalue weighted by Crippen LogP contribution is -2.54. The maximum absolute atomic E-state index is 13.1. The molecule has 0 radical (unpaired) electrons. The van der Waals surface area contributed by atoms with E-state index >= 15 is 0 Å². The standard InChI is InChI=1S/C19H13NO4/c1-12-6-8-13(9-7-12)20-17(22)14-4-2-3-5-15(14)19(18(20)23)11-10-16(21)24-19/h2-11H,1H3. The van der Waals surface area contributed by atoms with Gasteiger partial charge in [-0.05, 0) is 31.2 Å². The number of benzene rings is 2. The number of carbonyl (C=O) groups is 3. The van der Waals surface area contributed by atoms with Gasteiger partial charge < -0.3 is 4.74 Å². The van der Waals surface area contributed by atoms with E-state index in [1.807, 2.05) is 19.1 Å². The molecule has 2 heterocycles. The van der Waals surface area contributed by atoms with Crippen LogP contribution in [-0.4, -0.2) is 17.8 Å². The second-order valence-corrected chi connectivity index (χ2v) is 5.82. The van der Waals surface area contributed by atoms with Crippen molar-refractivity contribution in [2.45, 2.75) is 12.5 Å². The summed E-state index contributed by atoms with van der Waals surface area (Å²) in [6.07, 6.45) is 2.64. The first-order valence-electron chi connectivity index (χ1n) is 7.50. The molecule has 2 amide bonds. The molecule has 0 saturated carbocycles. The van der Waals surface area contributed by atoms with E-state index < -0.39 is 23.4 Å². The second-order valence-electron chi connectivity index (χ2n) is 5.82. The van der Waals surface area contributed by atoms with Gasteiger partial charge >= 0.3 is 5.97 Å². The number of aryl methyl sites for hydroxylation is 1. The van der Waals surface area contributed by atoms with Crippen LogP contribution in [0.25, 0.3) is 0 Å². The zero-order valence-corrected chi connectivity index (χ0v) is 12.9. The van der Waals surface area contributed by atoms with E-state index in [1.165, 1.54) is 12.2 Å². The number of carbonyl (C=O) groups excluding carboxylic acids is 3. The van der Waals surface area contributed by atoms with Gasteiger partial charge in [0.2, 0.25) is 5.60 Å². The van der Waals surface area contributed by atoms with Gasteiger partial charge in [0.15, 0.2) is 0 Å². The molecule has 2 aromatic carbocycles. The van der Waals surface area contributed by atoms with Crippen molar-refractivity contribution in [3.63, 3.8) is 0 Å². The summed E-state index contributed by atoms with van der Waals surface area (Å²) in [5.41, 5.74) is 0.619. The summed E-state index contributed by atoms with van der Waals surface area (Å²) in [5, 5.41) is 0. The van der Waals surface area contributed by atoms with Crippen LogP contribution in [0.3, 0.4) is 0 Å². The Hall–Kier alpha value is -3.21. The third-order valence-electron chi connectivity index (χ3n) is 4.29. The highest BCUT2D eigenvalue weighted by atomic mass is 16.6. The highest BCUT2D eigenvalue weighted by Gasteiger charge is 2.54. The highest BCUT2D eigenvalue weighted by Crippen LogP contribution is 2.41. The third-order valence-corrected chi connectivity index (χ3v) is 4.29. The van der Waals surface area contributed by atoms with Gasteiger partial charge in [-0.15, -0.1) is 0 Å². The Morgan fingerprint density at radius 3 is 2.33 bits per heavy atom. The maximum Gasteiger partial charge on any atom is 0.332 e. The Kier molecular flexibility index (Phi) is 2.93. The van der Waals surface area contributed by atoms with Crippen molar-refractivity contribution in [1.29, 1.82) is 0 Å². The van der Waals surface area contributed by atoms with Crippen molar-refractivity contribution < 1.29 is 19.1 Å². The van der Waals surface area contributed by atoms with E-state index in [2.05, 4.69) is 0 Å². The minimum Gasteiger partial charge on any atom is -0.436 e. The second kappa shape index (κ2) is 4.89. The Morgan fingerprint density at radius 1 is 0.958 bits per heavy atom. The van der Waals surface area contributed by atoms with Crippen molar-refractivity contribution in [1.82, 2.24) is 0 Å². The first-order chi connectivity index (χ1) is 11.5. The number of rotatable bonds is 1. The molecule has 118 valence electrons. The van der Waals surface area contributed by atoms with Gasteiger partial charge in [-0.25, -0.2) is 9.69 Å². The third kappa shape index (κ3) is 1.84. The van der Waals surface area contributed by atoms with Crippen LogP contribution in [0.2, 0.25) is 0 Å². The van der Waals surface area contributed by atoms with E-state index in [9.17, 15) is 14.4 Å². The average molecular weight is 319 g/mol. The van der Waals surface area contributed by atoms with Gasteiger partial charge in [0, 0.05) is 17.2 Å². The molecular weight excluding hydrogens is 306 g/mol. The molecular formula is C19H13NO4. The number of amides is 2. The van der Waals surface area contributed by atoms with Crippen LogP contribution >= 0.6 is 0 Å². The SMILES string of the molecule is Cc1ccc(N2C(=O)c3ccccc3C3(C=CC(=O)O3)C2=O)cc1. The van der Waals surface area contributed by atoms with E-state index in [1.54, 1.807) is 36.4 Å². The number of esters is 1. The minimum atomic E-state index is -1.58. The van der Waals surface area contributed by atoms with Crippen molar-refractivity contribution in [3.05, 3.63) is 77.4 Å². The quantitative estimate of drug-likeness (QED) is 0.598. The van der Waals surface area contributed by atoms with E-state index in [-0.39, 0.29) is 0 Å². The summed E-state index contributed by atoms with van der Waals surface area (Å²) in [6.45, 7) is 1.92. The molecule has 0 fully saturated rings. The van der Waals surface area contributed by atoms with Crippen molar-refractivity contribution in [2.75, 3.05) is 4.90 Å². The van der Waals surface area contributed by atoms with Crippen LogP contribution in [0.4, 0.5) is 5.69 Å². The molecule has 0 N–H and O–H groups in total. The van der Waals surface area contributed by atoms with Gasteiger partial charge in [-0.3, -0.25) is 9.59 Å². The Bertz CT molecular complexity index is 913. The number of anilines is 1. The van der Waals surface area contributed by atoms with Crippen LogP contribution in [0.15, 0.2) is 60.7 Å². The molecule has 5 heteroatoms. The summed E-state index contributed by atoms with van der Waals surface area (Å²) in [7, 11) is 0. The van der Waals surface area contributed by atoms with Gasteiger partial charge in [0.1, 0.15) is 0 Å². The predicted octanol–water partition coefficient (Wildman–Crippen LogP) is 2.49. The number of nitrogens with zero attached hydrogens (tertiary/aromatic N) is 1. The largest absolute Gasteiger partial charge is 0.436 e. The first kappa shape index (κ1) is 14.4. The lowest BCUT2D eigenvalue weighted by Gasteiger charge is -2.37. The molecule has 0 aliphatic carbocycles. The van der Waals surface area contributed by atoms with Crippen molar-refractivity contribution >= 4 is 23.5 Å². The number of ether oxygens (including phenoxy) is 1. The topological polar surface area (TPSA) is 63.7 Å². The van der Waals surface area contributed by atoms with E-state index in [4.69, 9.17) is 4.74 Å². The number of imide groups is 1. The lowest BCUT2D eigenvalue weighted by atomic mass is 9.84. The summed E-state index contributed by atoms with van der Waals surface area (Å²) in [4.78, 5) is 38.8. The van der Waals surface area contributed by atoms with Crippen LogP contribution in [0.1, 0.15) is 21.5 Å². The van der Waals surface area contributed by atoms with Crippen molar-refractivity contribution in [2.24, 2.45) is 0 Å². The summed E-state index contributed by atoms with van der Waals surface area (Å²) < 4.78 is 5.36.